The Balaban J connectivity index is 2.40. The molecule has 1 heterocycles. The van der Waals surface area contributed by atoms with Crippen molar-refractivity contribution in [3.63, 3.8) is 0 Å². The predicted octanol–water partition coefficient (Wildman–Crippen LogP) is 2.90. The highest BCUT2D eigenvalue weighted by Crippen LogP contribution is 2.23. The van der Waals surface area contributed by atoms with E-state index in [0.717, 1.165) is 16.1 Å². The van der Waals surface area contributed by atoms with E-state index in [-0.39, 0.29) is 0 Å². The first kappa shape index (κ1) is 13.5. The average Bonchev–Trinajstić information content (AvgIpc) is 2.76. The Hall–Kier alpha value is -1.88. The van der Waals surface area contributed by atoms with Gasteiger partial charge in [-0.1, -0.05) is 19.1 Å². The molecule has 1 unspecified atom stereocenters. The zero-order valence-corrected chi connectivity index (χ0v) is 11.7. The van der Waals surface area contributed by atoms with Gasteiger partial charge in [-0.15, -0.1) is 11.3 Å². The Labute approximate surface area is 115 Å². The Morgan fingerprint density at radius 3 is 2.89 bits per heavy atom. The molecule has 0 amide bonds. The number of nitrogens with zero attached hydrogens (tertiary/aromatic N) is 2. The molecule has 0 aliphatic rings. The first-order valence-electron chi connectivity index (χ1n) is 6.09. The van der Waals surface area contributed by atoms with Crippen LogP contribution in [0.15, 0.2) is 40.8 Å². The lowest BCUT2D eigenvalue weighted by molar-refractivity contribution is -0.138. The molecule has 0 radical (unpaired) electrons. The fraction of sp³-hybridized carbons (Fsp3) is 0.286. The van der Waals surface area contributed by atoms with E-state index in [1.54, 1.807) is 11.3 Å². The zero-order chi connectivity index (χ0) is 13.8. The molecule has 0 aliphatic heterocycles. The van der Waals surface area contributed by atoms with Crippen LogP contribution in [0.3, 0.4) is 0 Å². The number of carboxylic acids is 1. The van der Waals surface area contributed by atoms with Crippen molar-refractivity contribution in [2.45, 2.75) is 19.3 Å². The highest BCUT2D eigenvalue weighted by Gasteiger charge is 2.17. The molecule has 0 spiro atoms. The van der Waals surface area contributed by atoms with Gasteiger partial charge in [0.2, 0.25) is 0 Å². The van der Waals surface area contributed by atoms with Gasteiger partial charge in [0.05, 0.1) is 11.6 Å². The quantitative estimate of drug-likeness (QED) is 0.933. The summed E-state index contributed by atoms with van der Waals surface area (Å²) in [6.45, 7) is 1.88. The number of hydrogen-bond donors (Lipinski definition) is 1. The first-order chi connectivity index (χ1) is 9.11. The van der Waals surface area contributed by atoms with Crippen LogP contribution in [0.2, 0.25) is 0 Å². The summed E-state index contributed by atoms with van der Waals surface area (Å²) in [5.74, 6) is -1.26. The summed E-state index contributed by atoms with van der Waals surface area (Å²) in [5, 5.41) is 11.2. The summed E-state index contributed by atoms with van der Waals surface area (Å²) in [7, 11) is 1.94. The van der Waals surface area contributed by atoms with Crippen LogP contribution in [0, 0.1) is 0 Å². The van der Waals surface area contributed by atoms with Gasteiger partial charge in [-0.25, -0.2) is 4.99 Å². The van der Waals surface area contributed by atoms with E-state index in [1.807, 2.05) is 54.4 Å². The van der Waals surface area contributed by atoms with E-state index in [0.29, 0.717) is 6.42 Å². The number of carbonyl (C=O) groups is 1. The molecule has 1 N–H and O–H groups in total. The van der Waals surface area contributed by atoms with E-state index in [9.17, 15) is 9.90 Å². The van der Waals surface area contributed by atoms with E-state index in [2.05, 4.69) is 4.99 Å². The van der Waals surface area contributed by atoms with Crippen LogP contribution in [-0.2, 0) is 11.8 Å². The van der Waals surface area contributed by atoms with Gasteiger partial charge in [-0.3, -0.25) is 4.79 Å². The molecule has 1 atom stereocenters. The number of carboxylic acid groups (broad SMARTS) is 1. The molecule has 0 fully saturated rings. The van der Waals surface area contributed by atoms with Crippen molar-refractivity contribution in [3.8, 4) is 0 Å². The molecule has 0 bridgehead atoms. The standard InChI is InChI=1S/C14H16N2O2S/c1-3-12(13(17)18)10-5-4-6-11(9-10)15-14-16(2)7-8-19-14/h4-9,12H,3H2,1-2H3,(H,17,18). The molecule has 2 rings (SSSR count). The third-order valence-electron chi connectivity index (χ3n) is 2.96. The van der Waals surface area contributed by atoms with E-state index in [1.165, 1.54) is 0 Å². The zero-order valence-electron chi connectivity index (χ0n) is 10.9. The van der Waals surface area contributed by atoms with Crippen LogP contribution >= 0.6 is 11.3 Å². The van der Waals surface area contributed by atoms with Crippen molar-refractivity contribution in [2.24, 2.45) is 12.0 Å². The largest absolute Gasteiger partial charge is 0.481 e. The molecular formula is C14H16N2O2S. The van der Waals surface area contributed by atoms with Gasteiger partial charge in [0, 0.05) is 18.6 Å². The lowest BCUT2D eigenvalue weighted by Crippen LogP contribution is -2.10. The molecule has 2 aromatic rings. The van der Waals surface area contributed by atoms with E-state index in [4.69, 9.17) is 0 Å². The third-order valence-corrected chi connectivity index (χ3v) is 3.81. The number of rotatable bonds is 4. The van der Waals surface area contributed by atoms with Crippen molar-refractivity contribution >= 4 is 23.0 Å². The van der Waals surface area contributed by atoms with Gasteiger partial charge in [0.15, 0.2) is 4.80 Å². The van der Waals surface area contributed by atoms with Crippen molar-refractivity contribution in [1.29, 1.82) is 0 Å². The maximum atomic E-state index is 11.2. The van der Waals surface area contributed by atoms with Gasteiger partial charge in [0.1, 0.15) is 0 Å². The number of aliphatic carboxylic acids is 1. The highest BCUT2D eigenvalue weighted by molar-refractivity contribution is 7.07. The molecule has 0 saturated carbocycles. The van der Waals surface area contributed by atoms with Gasteiger partial charge in [-0.05, 0) is 24.1 Å². The molecular weight excluding hydrogens is 260 g/mol. The van der Waals surface area contributed by atoms with E-state index < -0.39 is 11.9 Å². The number of aryl methyl sites for hydroxylation is 1. The topological polar surface area (TPSA) is 54.6 Å². The fourth-order valence-electron chi connectivity index (χ4n) is 1.91. The second-order valence-corrected chi connectivity index (χ2v) is 5.18. The Bertz CT molecular complexity index is 643. The molecule has 19 heavy (non-hydrogen) atoms. The summed E-state index contributed by atoms with van der Waals surface area (Å²) in [6.07, 6.45) is 2.52. The maximum absolute atomic E-state index is 11.2. The highest BCUT2D eigenvalue weighted by atomic mass is 32.1. The summed E-state index contributed by atoms with van der Waals surface area (Å²) < 4.78 is 1.94. The maximum Gasteiger partial charge on any atom is 0.310 e. The number of aromatic nitrogens is 1. The molecule has 5 heteroatoms. The normalized spacial score (nSPS) is 13.5. The van der Waals surface area contributed by atoms with E-state index >= 15 is 0 Å². The SMILES string of the molecule is CCC(C(=O)O)c1cccc(N=c2sccn2C)c1. The molecule has 4 nitrogen and oxygen atoms in total. The molecule has 0 saturated heterocycles. The molecule has 1 aromatic carbocycles. The smallest absolute Gasteiger partial charge is 0.310 e. The Morgan fingerprint density at radius 2 is 2.32 bits per heavy atom. The van der Waals surface area contributed by atoms with Crippen molar-refractivity contribution < 1.29 is 9.90 Å². The Morgan fingerprint density at radius 1 is 1.53 bits per heavy atom. The van der Waals surface area contributed by atoms with Gasteiger partial charge in [-0.2, -0.15) is 0 Å². The second-order valence-electron chi connectivity index (χ2n) is 4.30. The minimum Gasteiger partial charge on any atom is -0.481 e. The minimum atomic E-state index is -0.790. The number of thiazole rings is 1. The number of benzene rings is 1. The van der Waals surface area contributed by atoms with Crippen molar-refractivity contribution in [1.82, 2.24) is 4.57 Å². The molecule has 100 valence electrons. The summed E-state index contributed by atoms with van der Waals surface area (Å²) >= 11 is 1.55. The van der Waals surface area contributed by atoms with Crippen LogP contribution < -0.4 is 4.80 Å². The lowest BCUT2D eigenvalue weighted by Gasteiger charge is -2.10. The van der Waals surface area contributed by atoms with Crippen LogP contribution in [-0.4, -0.2) is 15.6 Å². The lowest BCUT2D eigenvalue weighted by atomic mass is 9.96. The van der Waals surface area contributed by atoms with Gasteiger partial charge < -0.3 is 9.67 Å². The third kappa shape index (κ3) is 3.12. The summed E-state index contributed by atoms with van der Waals surface area (Å²) in [4.78, 5) is 16.6. The van der Waals surface area contributed by atoms with Crippen molar-refractivity contribution in [2.75, 3.05) is 0 Å². The first-order valence-corrected chi connectivity index (χ1v) is 6.97. The molecule has 1 aromatic heterocycles. The second kappa shape index (κ2) is 5.84. The molecule has 0 aliphatic carbocycles. The summed E-state index contributed by atoms with van der Waals surface area (Å²) in [6, 6.07) is 7.43. The number of hydrogen-bond acceptors (Lipinski definition) is 3. The summed E-state index contributed by atoms with van der Waals surface area (Å²) in [5.41, 5.74) is 1.59. The van der Waals surface area contributed by atoms with Crippen LogP contribution in [0.25, 0.3) is 0 Å². The van der Waals surface area contributed by atoms with Gasteiger partial charge >= 0.3 is 5.97 Å². The Kier molecular flexibility index (Phi) is 4.16. The fourth-order valence-corrected chi connectivity index (χ4v) is 2.66. The van der Waals surface area contributed by atoms with Crippen LogP contribution in [0.5, 0.6) is 0 Å². The van der Waals surface area contributed by atoms with Gasteiger partial charge in [0.25, 0.3) is 0 Å². The minimum absolute atomic E-state index is 0.466. The average molecular weight is 276 g/mol. The monoisotopic (exact) mass is 276 g/mol. The van der Waals surface area contributed by atoms with Crippen molar-refractivity contribution in [3.05, 3.63) is 46.2 Å². The van der Waals surface area contributed by atoms with Crippen LogP contribution in [0.1, 0.15) is 24.8 Å². The predicted molar refractivity (Wildman–Crippen MR) is 75.6 cm³/mol. The van der Waals surface area contributed by atoms with Crippen LogP contribution in [0.4, 0.5) is 5.69 Å².